The zero-order chi connectivity index (χ0) is 16.8. The summed E-state index contributed by atoms with van der Waals surface area (Å²) >= 11 is 0. The van der Waals surface area contributed by atoms with Crippen LogP contribution in [0.3, 0.4) is 0 Å². The zero-order valence-electron chi connectivity index (χ0n) is 14.8. The Hall–Kier alpha value is -1.14. The molecular formula is C17H31N3O3. The van der Waals surface area contributed by atoms with Crippen molar-refractivity contribution in [3.8, 4) is 0 Å². The normalized spacial score (nSPS) is 21.4. The van der Waals surface area contributed by atoms with Crippen LogP contribution in [-0.2, 0) is 14.3 Å². The van der Waals surface area contributed by atoms with Gasteiger partial charge in [-0.1, -0.05) is 12.8 Å². The molecule has 0 bridgehead atoms. The molecule has 132 valence electrons. The number of hydrogen-bond acceptors (Lipinski definition) is 4. The first kappa shape index (κ1) is 18.2. The third kappa shape index (κ3) is 4.44. The maximum atomic E-state index is 12.9. The van der Waals surface area contributed by atoms with Crippen molar-refractivity contribution in [3.63, 3.8) is 0 Å². The molecule has 2 fully saturated rings. The second-order valence-corrected chi connectivity index (χ2v) is 6.69. The molecule has 0 aromatic carbocycles. The van der Waals surface area contributed by atoms with Gasteiger partial charge < -0.3 is 14.5 Å². The van der Waals surface area contributed by atoms with Gasteiger partial charge in [-0.15, -0.1) is 0 Å². The molecule has 23 heavy (non-hydrogen) atoms. The fourth-order valence-electron chi connectivity index (χ4n) is 3.77. The summed E-state index contributed by atoms with van der Waals surface area (Å²) in [6.07, 6.45) is 4.76. The predicted molar refractivity (Wildman–Crippen MR) is 89.1 cm³/mol. The van der Waals surface area contributed by atoms with Gasteiger partial charge in [0.1, 0.15) is 6.61 Å². The van der Waals surface area contributed by atoms with E-state index in [2.05, 4.69) is 4.90 Å². The van der Waals surface area contributed by atoms with Gasteiger partial charge >= 0.3 is 0 Å². The van der Waals surface area contributed by atoms with Crippen LogP contribution in [0, 0.1) is 5.92 Å². The molecule has 1 aliphatic carbocycles. The van der Waals surface area contributed by atoms with Crippen LogP contribution in [0.25, 0.3) is 0 Å². The van der Waals surface area contributed by atoms with E-state index >= 15 is 0 Å². The van der Waals surface area contributed by atoms with E-state index in [0.29, 0.717) is 19.0 Å². The molecule has 1 saturated heterocycles. The van der Waals surface area contributed by atoms with Gasteiger partial charge in [-0.05, 0) is 25.7 Å². The first-order valence-electron chi connectivity index (χ1n) is 8.84. The second kappa shape index (κ2) is 8.64. The highest BCUT2D eigenvalue weighted by Gasteiger charge is 2.38. The summed E-state index contributed by atoms with van der Waals surface area (Å²) in [7, 11) is 3.44. The van der Waals surface area contributed by atoms with E-state index < -0.39 is 0 Å². The van der Waals surface area contributed by atoms with E-state index in [4.69, 9.17) is 4.74 Å². The fraction of sp³-hybridized carbons (Fsp3) is 0.882. The molecule has 0 N–H and O–H groups in total. The number of rotatable bonds is 6. The van der Waals surface area contributed by atoms with Crippen molar-refractivity contribution >= 4 is 11.8 Å². The van der Waals surface area contributed by atoms with E-state index in [1.807, 2.05) is 23.8 Å². The Balaban J connectivity index is 2.00. The van der Waals surface area contributed by atoms with Gasteiger partial charge in [0.25, 0.3) is 0 Å². The molecule has 1 unspecified atom stereocenters. The largest absolute Gasteiger partial charge is 0.375 e. The number of nitrogens with zero attached hydrogens (tertiary/aromatic N) is 3. The minimum Gasteiger partial charge on any atom is -0.375 e. The average Bonchev–Trinajstić information content (AvgIpc) is 3.09. The molecule has 2 rings (SSSR count). The maximum absolute atomic E-state index is 12.9. The number of carbonyl (C=O) groups excluding carboxylic acids is 2. The summed E-state index contributed by atoms with van der Waals surface area (Å²) in [5.41, 5.74) is 0. The molecule has 0 spiro atoms. The van der Waals surface area contributed by atoms with Crippen LogP contribution in [0.2, 0.25) is 0 Å². The number of amides is 2. The lowest BCUT2D eigenvalue weighted by molar-refractivity contribution is -0.141. The Morgan fingerprint density at radius 2 is 1.78 bits per heavy atom. The first-order valence-corrected chi connectivity index (χ1v) is 8.84. The van der Waals surface area contributed by atoms with E-state index in [1.54, 1.807) is 7.11 Å². The SMILES string of the molecule is CCN(C)C(=O)C(C1CCCC1)N1CCN(C(=O)COC)CC1. The van der Waals surface area contributed by atoms with E-state index in [9.17, 15) is 9.59 Å². The number of carbonyl (C=O) groups is 2. The molecule has 0 radical (unpaired) electrons. The molecule has 2 amide bonds. The lowest BCUT2D eigenvalue weighted by Gasteiger charge is -2.41. The van der Waals surface area contributed by atoms with Gasteiger partial charge in [0.2, 0.25) is 11.8 Å². The van der Waals surface area contributed by atoms with Crippen LogP contribution in [-0.4, -0.2) is 86.0 Å². The van der Waals surface area contributed by atoms with Crippen molar-refractivity contribution in [1.82, 2.24) is 14.7 Å². The predicted octanol–water partition coefficient (Wildman–Crippen LogP) is 0.814. The molecule has 0 aromatic heterocycles. The highest BCUT2D eigenvalue weighted by Crippen LogP contribution is 2.31. The molecule has 6 heteroatoms. The Bertz CT molecular complexity index is 402. The van der Waals surface area contributed by atoms with Crippen molar-refractivity contribution in [1.29, 1.82) is 0 Å². The minimum atomic E-state index is -0.0119. The summed E-state index contributed by atoms with van der Waals surface area (Å²) in [6.45, 7) is 5.84. The quantitative estimate of drug-likeness (QED) is 0.725. The Kier molecular flexibility index (Phi) is 6.84. The average molecular weight is 325 g/mol. The topological polar surface area (TPSA) is 53.1 Å². The van der Waals surface area contributed by atoms with Crippen molar-refractivity contribution in [2.75, 3.05) is 53.5 Å². The summed E-state index contributed by atoms with van der Waals surface area (Å²) < 4.78 is 4.93. The van der Waals surface area contributed by atoms with Crippen LogP contribution in [0.1, 0.15) is 32.6 Å². The molecule has 2 aliphatic rings. The van der Waals surface area contributed by atoms with E-state index in [-0.39, 0.29) is 24.5 Å². The molecule has 1 atom stereocenters. The third-order valence-corrected chi connectivity index (χ3v) is 5.28. The first-order chi connectivity index (χ1) is 11.1. The van der Waals surface area contributed by atoms with Crippen LogP contribution in [0.4, 0.5) is 0 Å². The maximum Gasteiger partial charge on any atom is 0.248 e. The molecule has 0 aromatic rings. The molecule has 1 aliphatic heterocycles. The molecular weight excluding hydrogens is 294 g/mol. The van der Waals surface area contributed by atoms with Crippen molar-refractivity contribution < 1.29 is 14.3 Å². The van der Waals surface area contributed by atoms with Crippen LogP contribution in [0.5, 0.6) is 0 Å². The van der Waals surface area contributed by atoms with Crippen molar-refractivity contribution in [2.45, 2.75) is 38.6 Å². The Morgan fingerprint density at radius 1 is 1.17 bits per heavy atom. The number of piperazine rings is 1. The summed E-state index contributed by atoms with van der Waals surface area (Å²) in [4.78, 5) is 30.8. The second-order valence-electron chi connectivity index (χ2n) is 6.69. The highest BCUT2D eigenvalue weighted by molar-refractivity contribution is 5.82. The lowest BCUT2D eigenvalue weighted by Crippen LogP contribution is -2.58. The van der Waals surface area contributed by atoms with Gasteiger partial charge in [-0.2, -0.15) is 0 Å². The van der Waals surface area contributed by atoms with E-state index in [1.165, 1.54) is 12.8 Å². The number of likely N-dealkylation sites (N-methyl/N-ethyl adjacent to an activating group) is 1. The zero-order valence-corrected chi connectivity index (χ0v) is 14.8. The number of methoxy groups -OCH3 is 1. The lowest BCUT2D eigenvalue weighted by atomic mass is 9.94. The monoisotopic (exact) mass is 325 g/mol. The molecule has 1 saturated carbocycles. The number of ether oxygens (including phenoxy) is 1. The summed E-state index contributed by atoms with van der Waals surface area (Å²) in [5, 5.41) is 0. The summed E-state index contributed by atoms with van der Waals surface area (Å²) in [5.74, 6) is 0.760. The molecule has 1 heterocycles. The van der Waals surface area contributed by atoms with Crippen LogP contribution >= 0.6 is 0 Å². The third-order valence-electron chi connectivity index (χ3n) is 5.28. The van der Waals surface area contributed by atoms with Crippen LogP contribution < -0.4 is 0 Å². The van der Waals surface area contributed by atoms with Crippen molar-refractivity contribution in [3.05, 3.63) is 0 Å². The fourth-order valence-corrected chi connectivity index (χ4v) is 3.77. The van der Waals surface area contributed by atoms with Gasteiger partial charge in [0.15, 0.2) is 0 Å². The standard InChI is InChI=1S/C17H31N3O3/c1-4-18(2)17(22)16(14-7-5-6-8-14)20-11-9-19(10-12-20)15(21)13-23-3/h14,16H,4-13H2,1-3H3. The van der Waals surface area contributed by atoms with Crippen LogP contribution in [0.15, 0.2) is 0 Å². The Labute approximate surface area is 139 Å². The Morgan fingerprint density at radius 3 is 2.30 bits per heavy atom. The van der Waals surface area contributed by atoms with Crippen molar-refractivity contribution in [2.24, 2.45) is 5.92 Å². The van der Waals surface area contributed by atoms with Gasteiger partial charge in [-0.25, -0.2) is 0 Å². The highest BCUT2D eigenvalue weighted by atomic mass is 16.5. The van der Waals surface area contributed by atoms with Gasteiger partial charge in [0.05, 0.1) is 6.04 Å². The summed E-state index contributed by atoms with van der Waals surface area (Å²) in [6, 6.07) is -0.0119. The van der Waals surface area contributed by atoms with Gasteiger partial charge in [-0.3, -0.25) is 14.5 Å². The van der Waals surface area contributed by atoms with E-state index in [0.717, 1.165) is 32.5 Å². The molecule has 6 nitrogen and oxygen atoms in total. The number of hydrogen-bond donors (Lipinski definition) is 0. The van der Waals surface area contributed by atoms with Gasteiger partial charge in [0, 0.05) is 46.9 Å². The smallest absolute Gasteiger partial charge is 0.248 e. The minimum absolute atomic E-state index is 0.0119.